The number of pyridine rings is 2. The topological polar surface area (TPSA) is 34.4 Å². The molecule has 0 fully saturated rings. The van der Waals surface area contributed by atoms with E-state index in [4.69, 9.17) is 0 Å². The maximum atomic E-state index is 14.1. The summed E-state index contributed by atoms with van der Waals surface area (Å²) in [6, 6.07) is 33.2. The first kappa shape index (κ1) is 19.7. The molecule has 4 aromatic heterocycles. The van der Waals surface area contributed by atoms with Crippen molar-refractivity contribution in [2.75, 3.05) is 0 Å². The summed E-state index contributed by atoms with van der Waals surface area (Å²) in [4.78, 5) is 20.8. The lowest BCUT2D eigenvalue weighted by molar-refractivity contribution is 1.21. The van der Waals surface area contributed by atoms with Crippen LogP contribution in [-0.4, -0.2) is 9.38 Å². The average Bonchev–Trinajstić information content (AvgIpc) is 3.49. The summed E-state index contributed by atoms with van der Waals surface area (Å²) >= 11 is 1.76. The number of thiophene rings is 1. The number of hydrogen-bond acceptors (Lipinski definition) is 3. The van der Waals surface area contributed by atoms with E-state index in [-0.39, 0.29) is 5.56 Å². The van der Waals surface area contributed by atoms with Gasteiger partial charge in [-0.25, -0.2) is 0 Å². The Morgan fingerprint density at radius 2 is 1.36 bits per heavy atom. The van der Waals surface area contributed by atoms with Gasteiger partial charge in [0.1, 0.15) is 0 Å². The molecule has 4 heteroatoms. The molecule has 0 spiro atoms. The summed E-state index contributed by atoms with van der Waals surface area (Å²) in [6.07, 6.45) is 3.78. The van der Waals surface area contributed by atoms with Crippen LogP contribution in [0.1, 0.15) is 0 Å². The summed E-state index contributed by atoms with van der Waals surface area (Å²) in [7, 11) is 0. The Hall–Kier alpha value is -4.54. The zero-order valence-corrected chi connectivity index (χ0v) is 19.9. The molecule has 0 aliphatic rings. The summed E-state index contributed by atoms with van der Waals surface area (Å²) in [6.45, 7) is 0. The molecule has 0 saturated heterocycles. The molecule has 0 saturated carbocycles. The Morgan fingerprint density at radius 1 is 0.611 bits per heavy atom. The second-order valence-corrected chi connectivity index (χ2v) is 10.2. The van der Waals surface area contributed by atoms with Crippen LogP contribution in [0.2, 0.25) is 0 Å². The Kier molecular flexibility index (Phi) is 3.96. The van der Waals surface area contributed by atoms with E-state index in [1.165, 1.54) is 4.88 Å². The normalized spacial score (nSPS) is 12.0. The molecule has 0 aliphatic carbocycles. The van der Waals surface area contributed by atoms with Gasteiger partial charge in [0.05, 0.1) is 15.9 Å². The Bertz CT molecular complexity index is 2170. The van der Waals surface area contributed by atoms with Crippen molar-refractivity contribution in [2.45, 2.75) is 0 Å². The number of aromatic nitrogens is 2. The van der Waals surface area contributed by atoms with Crippen molar-refractivity contribution in [3.05, 3.63) is 120 Å². The monoisotopic (exact) mass is 478 g/mol. The van der Waals surface area contributed by atoms with Gasteiger partial charge in [-0.15, -0.1) is 11.3 Å². The fourth-order valence-corrected chi connectivity index (χ4v) is 7.06. The van der Waals surface area contributed by atoms with Gasteiger partial charge in [-0.2, -0.15) is 0 Å². The molecule has 0 radical (unpaired) electrons. The van der Waals surface area contributed by atoms with Crippen molar-refractivity contribution in [3.63, 3.8) is 0 Å². The average molecular weight is 479 g/mol. The first-order valence-corrected chi connectivity index (χ1v) is 12.8. The zero-order chi connectivity index (χ0) is 23.8. The SMILES string of the molecule is O=c1c2ccccc2c2cccc3c4c(-c5cccc6ccncc56)sc(-c5ccccc5)c4n1c23. The number of rotatable bonds is 2. The Labute approximate surface area is 209 Å². The Morgan fingerprint density at radius 3 is 2.25 bits per heavy atom. The van der Waals surface area contributed by atoms with Crippen LogP contribution in [0.5, 0.6) is 0 Å². The van der Waals surface area contributed by atoms with Gasteiger partial charge < -0.3 is 0 Å². The largest absolute Gasteiger partial charge is 0.274 e. The minimum absolute atomic E-state index is 0.0328. The summed E-state index contributed by atoms with van der Waals surface area (Å²) in [5, 5.41) is 7.37. The van der Waals surface area contributed by atoms with E-state index >= 15 is 0 Å². The standard InChI is InChI=1S/C32H18N2OS/c35-32-24-12-5-4-11-21(24)22-13-7-15-25-27-29(34(32)28(22)25)30(20-8-2-1-3-9-20)36-31(27)23-14-6-10-19-16-17-33-18-26(19)23/h1-18H. The van der Waals surface area contributed by atoms with Crippen molar-refractivity contribution in [3.8, 4) is 20.9 Å². The molecule has 4 aromatic carbocycles. The van der Waals surface area contributed by atoms with Gasteiger partial charge in [0.2, 0.25) is 0 Å². The zero-order valence-electron chi connectivity index (χ0n) is 19.1. The first-order chi connectivity index (χ1) is 17.8. The predicted molar refractivity (Wildman–Crippen MR) is 151 cm³/mol. The van der Waals surface area contributed by atoms with E-state index in [1.54, 1.807) is 11.3 Å². The smallest absolute Gasteiger partial charge is 0.263 e. The van der Waals surface area contributed by atoms with E-state index in [9.17, 15) is 4.79 Å². The summed E-state index contributed by atoms with van der Waals surface area (Å²) in [5.41, 5.74) is 4.28. The van der Waals surface area contributed by atoms with Crippen LogP contribution < -0.4 is 5.56 Å². The number of benzene rings is 4. The van der Waals surface area contributed by atoms with Gasteiger partial charge >= 0.3 is 0 Å². The van der Waals surface area contributed by atoms with Crippen LogP contribution in [-0.2, 0) is 0 Å². The molecule has 0 bridgehead atoms. The molecule has 4 heterocycles. The van der Waals surface area contributed by atoms with Crippen molar-refractivity contribution < 1.29 is 0 Å². The van der Waals surface area contributed by atoms with Crippen LogP contribution in [0.15, 0.2) is 114 Å². The third-order valence-electron chi connectivity index (χ3n) is 7.25. The molecule has 0 aliphatic heterocycles. The number of fused-ring (bicyclic) bond motifs is 6. The molecule has 0 amide bonds. The minimum Gasteiger partial charge on any atom is -0.274 e. The highest BCUT2D eigenvalue weighted by Crippen LogP contribution is 2.50. The van der Waals surface area contributed by atoms with Gasteiger partial charge in [0, 0.05) is 49.8 Å². The Balaban J connectivity index is 1.67. The van der Waals surface area contributed by atoms with Crippen molar-refractivity contribution in [2.24, 2.45) is 0 Å². The van der Waals surface area contributed by atoms with Crippen LogP contribution in [0.3, 0.4) is 0 Å². The molecule has 0 atom stereocenters. The van der Waals surface area contributed by atoms with Gasteiger partial charge in [0.15, 0.2) is 0 Å². The van der Waals surface area contributed by atoms with Gasteiger partial charge in [-0.3, -0.25) is 14.2 Å². The quantitative estimate of drug-likeness (QED) is 0.235. The summed E-state index contributed by atoms with van der Waals surface area (Å²) < 4.78 is 1.97. The van der Waals surface area contributed by atoms with Crippen molar-refractivity contribution in [1.82, 2.24) is 9.38 Å². The molecular formula is C32H18N2OS. The maximum Gasteiger partial charge on any atom is 0.263 e. The molecule has 0 N–H and O–H groups in total. The molecule has 8 rings (SSSR count). The van der Waals surface area contributed by atoms with Gasteiger partial charge in [-0.1, -0.05) is 84.9 Å². The fraction of sp³-hybridized carbons (Fsp3) is 0. The number of hydrogen-bond donors (Lipinski definition) is 0. The molecule has 3 nitrogen and oxygen atoms in total. The molecular weight excluding hydrogens is 460 g/mol. The van der Waals surface area contributed by atoms with Crippen LogP contribution >= 0.6 is 11.3 Å². The third kappa shape index (κ3) is 2.51. The molecule has 168 valence electrons. The number of para-hydroxylation sites is 1. The lowest BCUT2D eigenvalue weighted by atomic mass is 10.0. The third-order valence-corrected chi connectivity index (χ3v) is 8.51. The van der Waals surface area contributed by atoms with E-state index in [1.807, 2.05) is 41.1 Å². The maximum absolute atomic E-state index is 14.1. The van der Waals surface area contributed by atoms with Crippen LogP contribution in [0.25, 0.3) is 69.6 Å². The highest BCUT2D eigenvalue weighted by Gasteiger charge is 2.25. The highest BCUT2D eigenvalue weighted by molar-refractivity contribution is 7.21. The molecule has 8 aromatic rings. The van der Waals surface area contributed by atoms with Crippen LogP contribution in [0, 0.1) is 0 Å². The van der Waals surface area contributed by atoms with Crippen LogP contribution in [0.4, 0.5) is 0 Å². The van der Waals surface area contributed by atoms with Gasteiger partial charge in [0.25, 0.3) is 5.56 Å². The lowest BCUT2D eigenvalue weighted by Gasteiger charge is -2.08. The highest BCUT2D eigenvalue weighted by atomic mass is 32.1. The molecule has 0 unspecified atom stereocenters. The fourth-order valence-electron chi connectivity index (χ4n) is 5.72. The predicted octanol–water partition coefficient (Wildman–Crippen LogP) is 8.14. The number of nitrogens with zero attached hydrogens (tertiary/aromatic N) is 2. The van der Waals surface area contributed by atoms with E-state index < -0.39 is 0 Å². The van der Waals surface area contributed by atoms with E-state index in [0.29, 0.717) is 0 Å². The lowest BCUT2D eigenvalue weighted by Crippen LogP contribution is -2.12. The molecule has 36 heavy (non-hydrogen) atoms. The second-order valence-electron chi connectivity index (χ2n) is 9.14. The van der Waals surface area contributed by atoms with E-state index in [2.05, 4.69) is 77.8 Å². The summed E-state index contributed by atoms with van der Waals surface area (Å²) in [5.74, 6) is 0. The van der Waals surface area contributed by atoms with E-state index in [0.717, 1.165) is 64.7 Å². The minimum atomic E-state index is 0.0328. The second kappa shape index (κ2) is 7.23. The van der Waals surface area contributed by atoms with Crippen molar-refractivity contribution in [1.29, 1.82) is 0 Å². The first-order valence-electron chi connectivity index (χ1n) is 11.9. The van der Waals surface area contributed by atoms with Crippen molar-refractivity contribution >= 4 is 60.1 Å². The van der Waals surface area contributed by atoms with Gasteiger partial charge in [-0.05, 0) is 28.5 Å².